The lowest BCUT2D eigenvalue weighted by atomic mass is 10.1. The number of aryl methyl sites for hydroxylation is 2. The highest BCUT2D eigenvalue weighted by Gasteiger charge is 2.19. The number of hydrogen-bond donors (Lipinski definition) is 0. The van der Waals surface area contributed by atoms with Crippen LogP contribution in [0.2, 0.25) is 0 Å². The molecule has 0 aliphatic rings. The van der Waals surface area contributed by atoms with Crippen LogP contribution in [0.3, 0.4) is 0 Å². The Labute approximate surface area is 118 Å². The Kier molecular flexibility index (Phi) is 5.37. The SMILES string of the molecule is CCOC(=O)Oc1c(C)ccc(C)c1OC(=O)N(C)C. The smallest absolute Gasteiger partial charge is 0.434 e. The van der Waals surface area contributed by atoms with Gasteiger partial charge >= 0.3 is 12.2 Å². The highest BCUT2D eigenvalue weighted by Crippen LogP contribution is 2.35. The molecule has 20 heavy (non-hydrogen) atoms. The maximum atomic E-state index is 11.7. The van der Waals surface area contributed by atoms with Crippen LogP contribution in [-0.2, 0) is 4.74 Å². The molecule has 0 bridgehead atoms. The Balaban J connectivity index is 3.10. The molecular weight excluding hydrogens is 262 g/mol. The van der Waals surface area contributed by atoms with E-state index in [0.717, 1.165) is 0 Å². The van der Waals surface area contributed by atoms with Crippen molar-refractivity contribution in [1.82, 2.24) is 4.90 Å². The minimum atomic E-state index is -0.830. The molecule has 6 heteroatoms. The van der Waals surface area contributed by atoms with Crippen molar-refractivity contribution >= 4 is 12.2 Å². The molecule has 0 aromatic heterocycles. The lowest BCUT2D eigenvalue weighted by Gasteiger charge is -2.16. The van der Waals surface area contributed by atoms with Crippen LogP contribution in [0.25, 0.3) is 0 Å². The first-order valence-corrected chi connectivity index (χ1v) is 6.20. The van der Waals surface area contributed by atoms with Gasteiger partial charge in [0.2, 0.25) is 0 Å². The standard InChI is InChI=1S/C14H19NO5/c1-6-18-14(17)20-12-10(3)8-7-9(2)11(12)19-13(16)15(4)5/h7-8H,6H2,1-5H3. The van der Waals surface area contributed by atoms with Gasteiger partial charge in [-0.25, -0.2) is 9.59 Å². The van der Waals surface area contributed by atoms with Crippen LogP contribution < -0.4 is 9.47 Å². The molecule has 0 heterocycles. The topological polar surface area (TPSA) is 65.1 Å². The molecule has 0 radical (unpaired) electrons. The molecule has 0 aliphatic heterocycles. The molecule has 1 aromatic rings. The van der Waals surface area contributed by atoms with E-state index in [0.29, 0.717) is 11.1 Å². The number of rotatable bonds is 3. The van der Waals surface area contributed by atoms with E-state index in [2.05, 4.69) is 0 Å². The summed E-state index contributed by atoms with van der Waals surface area (Å²) < 4.78 is 15.1. The van der Waals surface area contributed by atoms with Crippen molar-refractivity contribution in [3.05, 3.63) is 23.3 Å². The Bertz CT molecular complexity index is 511. The fourth-order valence-corrected chi connectivity index (χ4v) is 1.42. The summed E-state index contributed by atoms with van der Waals surface area (Å²) in [5, 5.41) is 0. The van der Waals surface area contributed by atoms with E-state index >= 15 is 0 Å². The number of carbonyl (C=O) groups is 2. The van der Waals surface area contributed by atoms with Gasteiger partial charge in [-0.05, 0) is 31.9 Å². The van der Waals surface area contributed by atoms with Crippen molar-refractivity contribution in [2.45, 2.75) is 20.8 Å². The monoisotopic (exact) mass is 281 g/mol. The van der Waals surface area contributed by atoms with Gasteiger partial charge in [-0.3, -0.25) is 0 Å². The second-order valence-corrected chi connectivity index (χ2v) is 4.41. The molecule has 0 unspecified atom stereocenters. The first-order valence-electron chi connectivity index (χ1n) is 6.20. The van der Waals surface area contributed by atoms with E-state index in [1.807, 2.05) is 0 Å². The predicted molar refractivity (Wildman–Crippen MR) is 73.3 cm³/mol. The normalized spacial score (nSPS) is 9.85. The second-order valence-electron chi connectivity index (χ2n) is 4.41. The largest absolute Gasteiger partial charge is 0.513 e. The van der Waals surface area contributed by atoms with Crippen molar-refractivity contribution < 1.29 is 23.8 Å². The van der Waals surface area contributed by atoms with Crippen LogP contribution in [-0.4, -0.2) is 37.9 Å². The number of amides is 1. The van der Waals surface area contributed by atoms with Crippen LogP contribution >= 0.6 is 0 Å². The Hall–Kier alpha value is -2.24. The zero-order chi connectivity index (χ0) is 15.3. The minimum Gasteiger partial charge on any atom is -0.434 e. The average molecular weight is 281 g/mol. The third-order valence-corrected chi connectivity index (χ3v) is 2.51. The van der Waals surface area contributed by atoms with Crippen LogP contribution in [0.1, 0.15) is 18.1 Å². The summed E-state index contributed by atoms with van der Waals surface area (Å²) in [6.45, 7) is 5.39. The maximum absolute atomic E-state index is 11.7. The third-order valence-electron chi connectivity index (χ3n) is 2.51. The molecule has 0 aliphatic carbocycles. The van der Waals surface area contributed by atoms with E-state index in [1.54, 1.807) is 47.0 Å². The van der Waals surface area contributed by atoms with Crippen molar-refractivity contribution in [3.8, 4) is 11.5 Å². The fourth-order valence-electron chi connectivity index (χ4n) is 1.42. The molecule has 0 saturated carbocycles. The maximum Gasteiger partial charge on any atom is 0.513 e. The molecule has 0 spiro atoms. The first kappa shape index (κ1) is 15.8. The summed E-state index contributed by atoms with van der Waals surface area (Å²) in [6, 6.07) is 3.56. The molecule has 1 rings (SSSR count). The molecular formula is C14H19NO5. The summed E-state index contributed by atoms with van der Waals surface area (Å²) in [6.07, 6.45) is -1.38. The molecule has 110 valence electrons. The number of nitrogens with zero attached hydrogens (tertiary/aromatic N) is 1. The van der Waals surface area contributed by atoms with Gasteiger partial charge in [0, 0.05) is 14.1 Å². The fraction of sp³-hybridized carbons (Fsp3) is 0.429. The molecule has 0 saturated heterocycles. The van der Waals surface area contributed by atoms with E-state index < -0.39 is 12.2 Å². The van der Waals surface area contributed by atoms with Crippen LogP contribution in [0.4, 0.5) is 9.59 Å². The van der Waals surface area contributed by atoms with Gasteiger partial charge in [0.25, 0.3) is 0 Å². The van der Waals surface area contributed by atoms with Crippen LogP contribution in [0, 0.1) is 13.8 Å². The van der Waals surface area contributed by atoms with Gasteiger partial charge in [-0.15, -0.1) is 0 Å². The zero-order valence-corrected chi connectivity index (χ0v) is 12.4. The lowest BCUT2D eigenvalue weighted by Crippen LogP contribution is -2.26. The quantitative estimate of drug-likeness (QED) is 0.629. The second kappa shape index (κ2) is 6.79. The van der Waals surface area contributed by atoms with Gasteiger partial charge < -0.3 is 19.1 Å². The Morgan fingerprint density at radius 2 is 1.55 bits per heavy atom. The highest BCUT2D eigenvalue weighted by atomic mass is 16.7. The van der Waals surface area contributed by atoms with Crippen LogP contribution in [0.15, 0.2) is 12.1 Å². The van der Waals surface area contributed by atoms with Crippen molar-refractivity contribution in [2.75, 3.05) is 20.7 Å². The zero-order valence-electron chi connectivity index (χ0n) is 12.4. The first-order chi connectivity index (χ1) is 9.36. The van der Waals surface area contributed by atoms with E-state index in [-0.39, 0.29) is 18.1 Å². The molecule has 0 N–H and O–H groups in total. The molecule has 6 nitrogen and oxygen atoms in total. The van der Waals surface area contributed by atoms with E-state index in [1.165, 1.54) is 4.90 Å². The lowest BCUT2D eigenvalue weighted by molar-refractivity contribution is 0.102. The van der Waals surface area contributed by atoms with Crippen molar-refractivity contribution in [3.63, 3.8) is 0 Å². The van der Waals surface area contributed by atoms with Gasteiger partial charge in [0.05, 0.1) is 6.61 Å². The van der Waals surface area contributed by atoms with Gasteiger partial charge in [0.15, 0.2) is 11.5 Å². The van der Waals surface area contributed by atoms with E-state index in [9.17, 15) is 9.59 Å². The molecule has 0 fully saturated rings. The summed E-state index contributed by atoms with van der Waals surface area (Å²) in [5.41, 5.74) is 1.36. The number of benzene rings is 1. The Morgan fingerprint density at radius 1 is 1.05 bits per heavy atom. The number of ether oxygens (including phenoxy) is 3. The highest BCUT2D eigenvalue weighted by molar-refractivity contribution is 5.74. The van der Waals surface area contributed by atoms with Gasteiger partial charge in [0.1, 0.15) is 0 Å². The summed E-state index contributed by atoms with van der Waals surface area (Å²) in [5.74, 6) is 0.412. The molecule has 1 aromatic carbocycles. The minimum absolute atomic E-state index is 0.193. The van der Waals surface area contributed by atoms with Crippen LogP contribution in [0.5, 0.6) is 11.5 Å². The molecule has 1 amide bonds. The average Bonchev–Trinajstić information content (AvgIpc) is 2.38. The van der Waals surface area contributed by atoms with Gasteiger partial charge in [-0.1, -0.05) is 12.1 Å². The van der Waals surface area contributed by atoms with Gasteiger partial charge in [-0.2, -0.15) is 0 Å². The third kappa shape index (κ3) is 3.88. The summed E-state index contributed by atoms with van der Waals surface area (Å²) >= 11 is 0. The molecule has 0 atom stereocenters. The number of hydrogen-bond acceptors (Lipinski definition) is 5. The Morgan fingerprint density at radius 3 is 2.00 bits per heavy atom. The van der Waals surface area contributed by atoms with Crippen molar-refractivity contribution in [1.29, 1.82) is 0 Å². The predicted octanol–water partition coefficient (Wildman–Crippen LogP) is 2.90. The summed E-state index contributed by atoms with van der Waals surface area (Å²) in [7, 11) is 3.14. The van der Waals surface area contributed by atoms with E-state index in [4.69, 9.17) is 14.2 Å². The number of carbonyl (C=O) groups excluding carboxylic acids is 2. The summed E-state index contributed by atoms with van der Waals surface area (Å²) in [4.78, 5) is 24.4. The van der Waals surface area contributed by atoms with Crippen molar-refractivity contribution in [2.24, 2.45) is 0 Å².